The smallest absolute Gasteiger partial charge is 0.306 e. The fourth-order valence-corrected chi connectivity index (χ4v) is 3.78. The molecule has 0 aromatic heterocycles. The van der Waals surface area contributed by atoms with E-state index in [4.69, 9.17) is 9.84 Å². The number of rotatable bonds is 4. The largest absolute Gasteiger partial charge is 0.481 e. The number of aliphatic carboxylic acids is 1. The lowest BCUT2D eigenvalue weighted by Gasteiger charge is -2.32. The highest BCUT2D eigenvalue weighted by Crippen LogP contribution is 2.35. The minimum atomic E-state index is -0.759. The van der Waals surface area contributed by atoms with Crippen LogP contribution in [0.3, 0.4) is 0 Å². The molecule has 1 amide bonds. The Morgan fingerprint density at radius 2 is 1.92 bits per heavy atom. The number of carboxylic acid groups (broad SMARTS) is 1. The highest BCUT2D eigenvalue weighted by Gasteiger charge is 2.36. The van der Waals surface area contributed by atoms with Crippen molar-refractivity contribution in [3.05, 3.63) is 35.4 Å². The van der Waals surface area contributed by atoms with E-state index in [9.17, 15) is 9.59 Å². The zero-order chi connectivity index (χ0) is 17.1. The molecule has 2 fully saturated rings. The van der Waals surface area contributed by atoms with Crippen molar-refractivity contribution in [3.8, 4) is 0 Å². The summed E-state index contributed by atoms with van der Waals surface area (Å²) in [6, 6.07) is 8.11. The molecule has 1 aromatic carbocycles. The molecule has 1 saturated carbocycles. The van der Waals surface area contributed by atoms with Crippen LogP contribution in [0.15, 0.2) is 24.3 Å². The van der Waals surface area contributed by atoms with Crippen LogP contribution < -0.4 is 5.32 Å². The van der Waals surface area contributed by atoms with Gasteiger partial charge in [0.25, 0.3) is 0 Å². The maximum atomic E-state index is 12.7. The maximum absolute atomic E-state index is 12.7. The zero-order valence-corrected chi connectivity index (χ0v) is 14.0. The molecule has 0 radical (unpaired) electrons. The Bertz CT molecular complexity index is 598. The SMILES string of the molecule is Cc1ccc(C2OCCCC2C(=O)N[C@H]2CC[C@@H](C(=O)O)C2)cc1. The molecule has 5 nitrogen and oxygen atoms in total. The number of carbonyl (C=O) groups is 2. The van der Waals surface area contributed by atoms with E-state index in [-0.39, 0.29) is 29.9 Å². The van der Waals surface area contributed by atoms with Gasteiger partial charge in [-0.05, 0) is 44.6 Å². The van der Waals surface area contributed by atoms with Gasteiger partial charge in [0.15, 0.2) is 0 Å². The van der Waals surface area contributed by atoms with Crippen molar-refractivity contribution < 1.29 is 19.4 Å². The lowest BCUT2D eigenvalue weighted by Crippen LogP contribution is -2.42. The number of carboxylic acids is 1. The molecule has 5 heteroatoms. The quantitative estimate of drug-likeness (QED) is 0.889. The van der Waals surface area contributed by atoms with Crippen molar-refractivity contribution in [2.24, 2.45) is 11.8 Å². The average molecular weight is 331 g/mol. The van der Waals surface area contributed by atoms with E-state index in [0.717, 1.165) is 24.8 Å². The Morgan fingerprint density at radius 1 is 1.17 bits per heavy atom. The molecule has 3 rings (SSSR count). The Balaban J connectivity index is 1.65. The molecule has 2 unspecified atom stereocenters. The van der Waals surface area contributed by atoms with Gasteiger partial charge in [0.2, 0.25) is 5.91 Å². The summed E-state index contributed by atoms with van der Waals surface area (Å²) < 4.78 is 5.91. The third-order valence-electron chi connectivity index (χ3n) is 5.19. The van der Waals surface area contributed by atoms with Gasteiger partial charge in [-0.25, -0.2) is 0 Å². The van der Waals surface area contributed by atoms with Gasteiger partial charge in [-0.1, -0.05) is 29.8 Å². The summed E-state index contributed by atoms with van der Waals surface area (Å²) in [6.45, 7) is 2.71. The standard InChI is InChI=1S/C19H25NO4/c1-12-4-6-13(7-5-12)17-16(3-2-10-24-17)18(21)20-15-9-8-14(11-15)19(22)23/h4-7,14-17H,2-3,8-11H2,1H3,(H,20,21)(H,22,23)/t14-,15+,16?,17?/m1/s1. The predicted octanol–water partition coefficient (Wildman–Crippen LogP) is 2.83. The van der Waals surface area contributed by atoms with Crippen LogP contribution in [0.25, 0.3) is 0 Å². The number of hydrogen-bond donors (Lipinski definition) is 2. The van der Waals surface area contributed by atoms with E-state index < -0.39 is 5.97 Å². The summed E-state index contributed by atoms with van der Waals surface area (Å²) in [7, 11) is 0. The van der Waals surface area contributed by atoms with Gasteiger partial charge in [0.05, 0.1) is 17.9 Å². The van der Waals surface area contributed by atoms with Crippen LogP contribution in [0, 0.1) is 18.8 Å². The van der Waals surface area contributed by atoms with Gasteiger partial charge in [0, 0.05) is 12.6 Å². The molecule has 1 aromatic rings. The second-order valence-corrected chi connectivity index (χ2v) is 7.00. The van der Waals surface area contributed by atoms with E-state index in [0.29, 0.717) is 19.4 Å². The third kappa shape index (κ3) is 3.78. The van der Waals surface area contributed by atoms with E-state index in [2.05, 4.69) is 5.32 Å². The lowest BCUT2D eigenvalue weighted by molar-refractivity contribution is -0.142. The number of carbonyl (C=O) groups excluding carboxylic acids is 1. The molecule has 4 atom stereocenters. The summed E-state index contributed by atoms with van der Waals surface area (Å²) in [4.78, 5) is 23.8. The lowest BCUT2D eigenvalue weighted by atomic mass is 9.88. The van der Waals surface area contributed by atoms with Gasteiger partial charge < -0.3 is 15.2 Å². The number of ether oxygens (including phenoxy) is 1. The van der Waals surface area contributed by atoms with Gasteiger partial charge in [-0.15, -0.1) is 0 Å². The Labute approximate surface area is 142 Å². The molecule has 0 bridgehead atoms. The Hall–Kier alpha value is -1.88. The first-order valence-corrected chi connectivity index (χ1v) is 8.76. The maximum Gasteiger partial charge on any atom is 0.306 e. The molecular weight excluding hydrogens is 306 g/mol. The van der Waals surface area contributed by atoms with Crippen LogP contribution in [-0.4, -0.2) is 29.6 Å². The normalized spacial score (nSPS) is 30.0. The van der Waals surface area contributed by atoms with Crippen molar-refractivity contribution >= 4 is 11.9 Å². The highest BCUT2D eigenvalue weighted by molar-refractivity contribution is 5.80. The fraction of sp³-hybridized carbons (Fsp3) is 0.579. The van der Waals surface area contributed by atoms with Gasteiger partial charge >= 0.3 is 5.97 Å². The molecule has 130 valence electrons. The number of nitrogens with one attached hydrogen (secondary N) is 1. The molecule has 2 N–H and O–H groups in total. The minimum absolute atomic E-state index is 0.00341. The number of benzene rings is 1. The fourth-order valence-electron chi connectivity index (χ4n) is 3.78. The van der Waals surface area contributed by atoms with E-state index in [1.807, 2.05) is 31.2 Å². The van der Waals surface area contributed by atoms with E-state index in [1.54, 1.807) is 0 Å². The Morgan fingerprint density at radius 3 is 2.58 bits per heavy atom. The van der Waals surface area contributed by atoms with Gasteiger partial charge in [-0.3, -0.25) is 9.59 Å². The van der Waals surface area contributed by atoms with Crippen molar-refractivity contribution in [3.63, 3.8) is 0 Å². The van der Waals surface area contributed by atoms with Crippen molar-refractivity contribution in [1.29, 1.82) is 0 Å². The first-order valence-electron chi connectivity index (χ1n) is 8.76. The summed E-state index contributed by atoms with van der Waals surface area (Å²) in [5.41, 5.74) is 2.22. The van der Waals surface area contributed by atoms with Crippen molar-refractivity contribution in [2.45, 2.75) is 51.2 Å². The first-order chi connectivity index (χ1) is 11.5. The molecule has 2 aliphatic rings. The third-order valence-corrected chi connectivity index (χ3v) is 5.19. The second kappa shape index (κ2) is 7.34. The number of hydrogen-bond acceptors (Lipinski definition) is 3. The average Bonchev–Trinajstić information content (AvgIpc) is 3.04. The summed E-state index contributed by atoms with van der Waals surface area (Å²) in [5, 5.41) is 12.2. The van der Waals surface area contributed by atoms with Crippen LogP contribution in [-0.2, 0) is 14.3 Å². The van der Waals surface area contributed by atoms with Gasteiger partial charge in [-0.2, -0.15) is 0 Å². The second-order valence-electron chi connectivity index (χ2n) is 7.00. The Kier molecular flexibility index (Phi) is 5.19. The molecule has 1 aliphatic heterocycles. The van der Waals surface area contributed by atoms with Crippen molar-refractivity contribution in [1.82, 2.24) is 5.32 Å². The number of amides is 1. The van der Waals surface area contributed by atoms with Crippen LogP contribution in [0.4, 0.5) is 0 Å². The number of aryl methyl sites for hydroxylation is 1. The highest BCUT2D eigenvalue weighted by atomic mass is 16.5. The first kappa shape index (κ1) is 17.0. The van der Waals surface area contributed by atoms with E-state index >= 15 is 0 Å². The predicted molar refractivity (Wildman–Crippen MR) is 89.5 cm³/mol. The van der Waals surface area contributed by atoms with Gasteiger partial charge in [0.1, 0.15) is 0 Å². The zero-order valence-electron chi connectivity index (χ0n) is 14.0. The molecule has 1 saturated heterocycles. The van der Waals surface area contributed by atoms with Crippen LogP contribution in [0.1, 0.15) is 49.3 Å². The monoisotopic (exact) mass is 331 g/mol. The summed E-state index contributed by atoms with van der Waals surface area (Å²) in [6.07, 6.45) is 3.39. The minimum Gasteiger partial charge on any atom is -0.481 e. The molecule has 1 heterocycles. The summed E-state index contributed by atoms with van der Waals surface area (Å²) in [5.74, 6) is -1.29. The van der Waals surface area contributed by atoms with Crippen LogP contribution >= 0.6 is 0 Å². The topological polar surface area (TPSA) is 75.6 Å². The van der Waals surface area contributed by atoms with Crippen LogP contribution in [0.5, 0.6) is 0 Å². The molecule has 0 spiro atoms. The molecular formula is C19H25NO4. The summed E-state index contributed by atoms with van der Waals surface area (Å²) >= 11 is 0. The molecule has 24 heavy (non-hydrogen) atoms. The van der Waals surface area contributed by atoms with Crippen molar-refractivity contribution in [2.75, 3.05) is 6.61 Å². The van der Waals surface area contributed by atoms with E-state index in [1.165, 1.54) is 5.56 Å². The van der Waals surface area contributed by atoms with Crippen LogP contribution in [0.2, 0.25) is 0 Å². The molecule has 1 aliphatic carbocycles.